The van der Waals surface area contributed by atoms with Crippen LogP contribution < -0.4 is 4.74 Å². The number of rotatable bonds is 6. The van der Waals surface area contributed by atoms with E-state index < -0.39 is 0 Å². The van der Waals surface area contributed by atoms with Crippen molar-refractivity contribution in [1.82, 2.24) is 19.7 Å². The molecule has 0 spiro atoms. The number of ether oxygens (including phenoxy) is 1. The highest BCUT2D eigenvalue weighted by Crippen LogP contribution is 2.31. The van der Waals surface area contributed by atoms with E-state index in [-0.39, 0.29) is 0 Å². The average molecular weight is 388 g/mol. The third-order valence-corrected chi connectivity index (χ3v) is 5.46. The number of para-hydroxylation sites is 1. The van der Waals surface area contributed by atoms with Crippen molar-refractivity contribution >= 4 is 11.8 Å². The van der Waals surface area contributed by atoms with Crippen LogP contribution in [0.25, 0.3) is 17.1 Å². The lowest BCUT2D eigenvalue weighted by Crippen LogP contribution is -2.02. The summed E-state index contributed by atoms with van der Waals surface area (Å²) in [5, 5.41) is 9.84. The van der Waals surface area contributed by atoms with Crippen LogP contribution in [0, 0.1) is 6.92 Å². The van der Waals surface area contributed by atoms with Crippen molar-refractivity contribution in [2.24, 2.45) is 0 Å². The maximum atomic E-state index is 5.24. The summed E-state index contributed by atoms with van der Waals surface area (Å²) in [5.74, 6) is 2.47. The summed E-state index contributed by atoms with van der Waals surface area (Å²) in [6.07, 6.45) is 3.55. The van der Waals surface area contributed by atoms with Crippen LogP contribution in [0.5, 0.6) is 5.75 Å². The molecule has 0 saturated carbocycles. The van der Waals surface area contributed by atoms with Crippen LogP contribution in [-0.4, -0.2) is 26.9 Å². The van der Waals surface area contributed by atoms with Gasteiger partial charge in [0.1, 0.15) is 5.75 Å². The summed E-state index contributed by atoms with van der Waals surface area (Å²) >= 11 is 1.67. The summed E-state index contributed by atoms with van der Waals surface area (Å²) in [4.78, 5) is 4.11. The maximum absolute atomic E-state index is 5.24. The minimum Gasteiger partial charge on any atom is -0.497 e. The Hall–Kier alpha value is -3.12. The van der Waals surface area contributed by atoms with Crippen LogP contribution in [0.15, 0.2) is 78.2 Å². The number of thioether (sulfide) groups is 1. The highest BCUT2D eigenvalue weighted by atomic mass is 32.2. The largest absolute Gasteiger partial charge is 0.497 e. The molecule has 140 valence electrons. The van der Waals surface area contributed by atoms with Crippen LogP contribution in [0.4, 0.5) is 0 Å². The Bertz CT molecular complexity index is 1060. The fraction of sp³-hybridized carbons (Fsp3) is 0.136. The predicted octanol–water partition coefficient (Wildman–Crippen LogP) is 4.94. The fourth-order valence-corrected chi connectivity index (χ4v) is 3.85. The molecule has 0 atom stereocenters. The summed E-state index contributed by atoms with van der Waals surface area (Å²) in [7, 11) is 1.68. The minimum absolute atomic E-state index is 0.796. The summed E-state index contributed by atoms with van der Waals surface area (Å²) < 4.78 is 7.36. The van der Waals surface area contributed by atoms with Gasteiger partial charge in [-0.05, 0) is 48.4 Å². The molecule has 2 aromatic heterocycles. The molecule has 0 N–H and O–H groups in total. The zero-order valence-corrected chi connectivity index (χ0v) is 16.6. The summed E-state index contributed by atoms with van der Waals surface area (Å²) in [6, 6.07) is 20.3. The van der Waals surface area contributed by atoms with Crippen molar-refractivity contribution in [1.29, 1.82) is 0 Å². The topological polar surface area (TPSA) is 52.8 Å². The lowest BCUT2D eigenvalue weighted by molar-refractivity contribution is 0.414. The molecule has 28 heavy (non-hydrogen) atoms. The molecule has 0 fully saturated rings. The number of aryl methyl sites for hydroxylation is 1. The molecule has 0 radical (unpaired) electrons. The molecular formula is C22H20N4OS. The number of benzene rings is 2. The number of nitrogens with zero attached hydrogens (tertiary/aromatic N) is 4. The number of methoxy groups -OCH3 is 1. The Morgan fingerprint density at radius 2 is 1.68 bits per heavy atom. The van der Waals surface area contributed by atoms with E-state index in [1.807, 2.05) is 36.4 Å². The second-order valence-electron chi connectivity index (χ2n) is 6.30. The van der Waals surface area contributed by atoms with Gasteiger partial charge in [-0.15, -0.1) is 10.2 Å². The normalized spacial score (nSPS) is 10.8. The van der Waals surface area contributed by atoms with Gasteiger partial charge in [0.05, 0.1) is 12.8 Å². The molecule has 0 aliphatic carbocycles. The highest BCUT2D eigenvalue weighted by molar-refractivity contribution is 7.98. The molecular weight excluding hydrogens is 368 g/mol. The van der Waals surface area contributed by atoms with Gasteiger partial charge in [0.2, 0.25) is 0 Å². The molecule has 2 aromatic carbocycles. The van der Waals surface area contributed by atoms with Gasteiger partial charge in [-0.25, -0.2) is 0 Å². The first-order chi connectivity index (χ1) is 13.8. The van der Waals surface area contributed by atoms with Crippen molar-refractivity contribution in [3.8, 4) is 22.8 Å². The van der Waals surface area contributed by atoms with Gasteiger partial charge >= 0.3 is 0 Å². The summed E-state index contributed by atoms with van der Waals surface area (Å²) in [6.45, 7) is 2.10. The van der Waals surface area contributed by atoms with E-state index in [1.54, 1.807) is 31.3 Å². The number of aromatic nitrogens is 4. The third-order valence-electron chi connectivity index (χ3n) is 4.46. The van der Waals surface area contributed by atoms with Crippen molar-refractivity contribution in [3.63, 3.8) is 0 Å². The highest BCUT2D eigenvalue weighted by Gasteiger charge is 2.17. The van der Waals surface area contributed by atoms with Gasteiger partial charge in [-0.2, -0.15) is 0 Å². The van der Waals surface area contributed by atoms with Crippen molar-refractivity contribution in [2.45, 2.75) is 17.8 Å². The minimum atomic E-state index is 0.796. The quantitative estimate of drug-likeness (QED) is 0.438. The third kappa shape index (κ3) is 3.77. The van der Waals surface area contributed by atoms with E-state index in [0.717, 1.165) is 33.7 Å². The Kier molecular flexibility index (Phi) is 5.39. The SMILES string of the molecule is COc1ccc(CSc2nnc(-c3ccncc3)n2-c2ccccc2C)cc1. The van der Waals surface area contributed by atoms with Crippen LogP contribution in [0.1, 0.15) is 11.1 Å². The van der Waals surface area contributed by atoms with Gasteiger partial charge in [-0.3, -0.25) is 9.55 Å². The molecule has 5 nitrogen and oxygen atoms in total. The second kappa shape index (κ2) is 8.27. The smallest absolute Gasteiger partial charge is 0.196 e. The molecule has 2 heterocycles. The van der Waals surface area contributed by atoms with Crippen LogP contribution in [0.3, 0.4) is 0 Å². The van der Waals surface area contributed by atoms with Gasteiger partial charge < -0.3 is 4.74 Å². The Morgan fingerprint density at radius 1 is 0.929 bits per heavy atom. The monoisotopic (exact) mass is 388 g/mol. The number of pyridine rings is 1. The van der Waals surface area contributed by atoms with Gasteiger partial charge in [0.25, 0.3) is 0 Å². The van der Waals surface area contributed by atoms with Crippen molar-refractivity contribution in [2.75, 3.05) is 7.11 Å². The van der Waals surface area contributed by atoms with Crippen LogP contribution in [-0.2, 0) is 5.75 Å². The second-order valence-corrected chi connectivity index (χ2v) is 7.24. The Labute approximate surface area is 168 Å². The zero-order valence-electron chi connectivity index (χ0n) is 15.7. The van der Waals surface area contributed by atoms with Gasteiger partial charge in [0.15, 0.2) is 11.0 Å². The first-order valence-electron chi connectivity index (χ1n) is 8.94. The Morgan fingerprint density at radius 3 is 2.39 bits per heavy atom. The molecule has 0 saturated heterocycles. The van der Waals surface area contributed by atoms with Crippen LogP contribution >= 0.6 is 11.8 Å². The molecule has 0 aliphatic heterocycles. The Balaban J connectivity index is 1.71. The molecule has 4 aromatic rings. The van der Waals surface area contributed by atoms with Crippen molar-refractivity contribution in [3.05, 3.63) is 84.2 Å². The molecule has 0 aliphatic rings. The lowest BCUT2D eigenvalue weighted by atomic mass is 10.2. The van der Waals surface area contributed by atoms with Gasteiger partial charge in [0, 0.05) is 23.7 Å². The van der Waals surface area contributed by atoms with E-state index in [1.165, 1.54) is 11.1 Å². The van der Waals surface area contributed by atoms with E-state index in [9.17, 15) is 0 Å². The van der Waals surface area contributed by atoms with E-state index >= 15 is 0 Å². The van der Waals surface area contributed by atoms with Crippen molar-refractivity contribution < 1.29 is 4.74 Å². The fourth-order valence-electron chi connectivity index (χ4n) is 2.95. The van der Waals surface area contributed by atoms with E-state index in [2.05, 4.69) is 50.9 Å². The van der Waals surface area contributed by atoms with Crippen LogP contribution in [0.2, 0.25) is 0 Å². The maximum Gasteiger partial charge on any atom is 0.196 e. The average Bonchev–Trinajstić information content (AvgIpc) is 3.17. The molecule has 6 heteroatoms. The standard InChI is InChI=1S/C22H20N4OS/c1-16-5-3-4-6-20(16)26-21(18-11-13-23-14-12-18)24-25-22(26)28-15-17-7-9-19(27-2)10-8-17/h3-14H,15H2,1-2H3. The van der Waals surface area contributed by atoms with E-state index in [4.69, 9.17) is 4.74 Å². The molecule has 0 unspecified atom stereocenters. The first-order valence-corrected chi connectivity index (χ1v) is 9.92. The summed E-state index contributed by atoms with van der Waals surface area (Å²) in [5.41, 5.74) is 4.44. The number of hydrogen-bond acceptors (Lipinski definition) is 5. The number of hydrogen-bond donors (Lipinski definition) is 0. The lowest BCUT2D eigenvalue weighted by Gasteiger charge is -2.13. The molecule has 0 bridgehead atoms. The van der Waals surface area contributed by atoms with Gasteiger partial charge in [-0.1, -0.05) is 42.1 Å². The molecule has 0 amide bonds. The molecule has 4 rings (SSSR count). The van der Waals surface area contributed by atoms with E-state index in [0.29, 0.717) is 0 Å². The predicted molar refractivity (Wildman–Crippen MR) is 112 cm³/mol. The first kappa shape index (κ1) is 18.3. The zero-order chi connectivity index (χ0) is 19.3.